The van der Waals surface area contributed by atoms with Crippen molar-refractivity contribution in [2.24, 2.45) is 0 Å². The van der Waals surface area contributed by atoms with Crippen LogP contribution in [0.2, 0.25) is 0 Å². The number of carboxylic acids is 1. The van der Waals surface area contributed by atoms with Crippen LogP contribution in [0.3, 0.4) is 0 Å². The summed E-state index contributed by atoms with van der Waals surface area (Å²) in [5, 5.41) is 9.05. The smallest absolute Gasteiger partial charge is 0.337 e. The van der Waals surface area contributed by atoms with E-state index >= 15 is 0 Å². The number of methoxy groups -OCH3 is 2. The summed E-state index contributed by atoms with van der Waals surface area (Å²) in [5.74, 6) is -3.61. The van der Waals surface area contributed by atoms with Gasteiger partial charge in [-0.3, -0.25) is 4.72 Å². The number of anilines is 1. The molecule has 2 N–H and O–H groups in total. The molecule has 25 heavy (non-hydrogen) atoms. The van der Waals surface area contributed by atoms with E-state index in [1.165, 1.54) is 14.2 Å². The summed E-state index contributed by atoms with van der Waals surface area (Å²) in [6.45, 7) is 0. The zero-order valence-corrected chi connectivity index (χ0v) is 13.9. The van der Waals surface area contributed by atoms with Crippen LogP contribution < -0.4 is 14.2 Å². The highest BCUT2D eigenvalue weighted by atomic mass is 32.2. The molecule has 7 nitrogen and oxygen atoms in total. The van der Waals surface area contributed by atoms with Gasteiger partial charge in [0.1, 0.15) is 16.5 Å². The topological polar surface area (TPSA) is 102 Å². The molecule has 2 aromatic carbocycles. The van der Waals surface area contributed by atoms with E-state index in [9.17, 15) is 22.0 Å². The quantitative estimate of drug-likeness (QED) is 0.807. The van der Waals surface area contributed by atoms with Crippen LogP contribution in [-0.2, 0) is 10.0 Å². The van der Waals surface area contributed by atoms with Crippen molar-refractivity contribution in [3.05, 3.63) is 47.5 Å². The van der Waals surface area contributed by atoms with Gasteiger partial charge in [0.15, 0.2) is 11.5 Å². The summed E-state index contributed by atoms with van der Waals surface area (Å²) < 4.78 is 63.9. The number of ether oxygens (including phenoxy) is 2. The molecule has 0 heterocycles. The lowest BCUT2D eigenvalue weighted by atomic mass is 10.2. The average Bonchev–Trinajstić information content (AvgIpc) is 2.55. The maximum absolute atomic E-state index is 14.1. The van der Waals surface area contributed by atoms with Crippen molar-refractivity contribution >= 4 is 21.7 Å². The van der Waals surface area contributed by atoms with E-state index in [1.54, 1.807) is 0 Å². The molecule has 2 rings (SSSR count). The number of benzene rings is 2. The number of sulfonamides is 1. The Kier molecular flexibility index (Phi) is 5.12. The van der Waals surface area contributed by atoms with Gasteiger partial charge in [-0.25, -0.2) is 22.0 Å². The molecule has 0 atom stereocenters. The van der Waals surface area contributed by atoms with Crippen molar-refractivity contribution in [1.29, 1.82) is 0 Å². The van der Waals surface area contributed by atoms with E-state index in [-0.39, 0.29) is 11.5 Å². The molecule has 2 aromatic rings. The number of rotatable bonds is 6. The first-order valence-corrected chi connectivity index (χ1v) is 8.15. The standard InChI is InChI=1S/C15H13F2NO6S/c1-23-12-6-10(17)14(7-13(12)24-2)25(21,22)18-11-4-3-8(16)5-9(11)15(19)20/h3-7,18H,1-2H3,(H,19,20). The summed E-state index contributed by atoms with van der Waals surface area (Å²) in [4.78, 5) is 10.3. The third-order valence-corrected chi connectivity index (χ3v) is 4.56. The van der Waals surface area contributed by atoms with Gasteiger partial charge in [0, 0.05) is 12.1 Å². The fraction of sp³-hybridized carbons (Fsp3) is 0.133. The van der Waals surface area contributed by atoms with Crippen LogP contribution in [0.25, 0.3) is 0 Å². The second-order valence-corrected chi connectivity index (χ2v) is 6.39. The average molecular weight is 373 g/mol. The predicted molar refractivity (Wildman–Crippen MR) is 83.7 cm³/mol. The summed E-state index contributed by atoms with van der Waals surface area (Å²) in [6, 6.07) is 4.14. The van der Waals surface area contributed by atoms with Gasteiger partial charge < -0.3 is 14.6 Å². The Morgan fingerprint density at radius 2 is 1.68 bits per heavy atom. The molecule has 134 valence electrons. The molecule has 10 heteroatoms. The third-order valence-electron chi connectivity index (χ3n) is 3.18. The summed E-state index contributed by atoms with van der Waals surface area (Å²) >= 11 is 0. The molecular weight excluding hydrogens is 360 g/mol. The Morgan fingerprint density at radius 1 is 1.08 bits per heavy atom. The largest absolute Gasteiger partial charge is 0.493 e. The molecule has 0 spiro atoms. The van der Waals surface area contributed by atoms with E-state index in [0.717, 1.165) is 24.3 Å². The highest BCUT2D eigenvalue weighted by molar-refractivity contribution is 7.92. The monoisotopic (exact) mass is 373 g/mol. The summed E-state index contributed by atoms with van der Waals surface area (Å²) in [5.41, 5.74) is -1.03. The Bertz CT molecular complexity index is 930. The molecule has 0 saturated heterocycles. The first kappa shape index (κ1) is 18.5. The normalized spacial score (nSPS) is 11.0. The minimum absolute atomic E-state index is 0.0213. The summed E-state index contributed by atoms with van der Waals surface area (Å²) in [6.07, 6.45) is 0. The number of hydrogen-bond donors (Lipinski definition) is 2. The molecule has 0 unspecified atom stereocenters. The van der Waals surface area contributed by atoms with Crippen LogP contribution in [0.1, 0.15) is 10.4 Å². The number of carboxylic acid groups (broad SMARTS) is 1. The highest BCUT2D eigenvalue weighted by Crippen LogP contribution is 2.33. The maximum Gasteiger partial charge on any atom is 0.337 e. The van der Waals surface area contributed by atoms with Crippen molar-refractivity contribution in [2.75, 3.05) is 18.9 Å². The number of aromatic carboxylic acids is 1. The number of hydrogen-bond acceptors (Lipinski definition) is 5. The van der Waals surface area contributed by atoms with Crippen LogP contribution in [0.15, 0.2) is 35.2 Å². The van der Waals surface area contributed by atoms with Crippen molar-refractivity contribution in [3.8, 4) is 11.5 Å². The third kappa shape index (κ3) is 3.79. The van der Waals surface area contributed by atoms with Crippen molar-refractivity contribution in [3.63, 3.8) is 0 Å². The van der Waals surface area contributed by atoms with Gasteiger partial charge in [-0.05, 0) is 18.2 Å². The maximum atomic E-state index is 14.1. The SMILES string of the molecule is COc1cc(F)c(S(=O)(=O)Nc2ccc(F)cc2C(=O)O)cc1OC. The molecule has 0 aliphatic heterocycles. The highest BCUT2D eigenvalue weighted by Gasteiger charge is 2.25. The van der Waals surface area contributed by atoms with E-state index < -0.39 is 43.8 Å². The van der Waals surface area contributed by atoms with Crippen LogP contribution in [0.5, 0.6) is 11.5 Å². The number of carbonyl (C=O) groups is 1. The van der Waals surface area contributed by atoms with Gasteiger partial charge in [0.25, 0.3) is 10.0 Å². The minimum atomic E-state index is -4.52. The lowest BCUT2D eigenvalue weighted by molar-refractivity contribution is 0.0697. The Labute approximate surface area is 141 Å². The van der Waals surface area contributed by atoms with Crippen LogP contribution in [0.4, 0.5) is 14.5 Å². The van der Waals surface area contributed by atoms with Crippen LogP contribution in [0, 0.1) is 11.6 Å². The van der Waals surface area contributed by atoms with Crippen LogP contribution >= 0.6 is 0 Å². The molecule has 0 aliphatic carbocycles. The number of nitrogens with one attached hydrogen (secondary N) is 1. The fourth-order valence-corrected chi connectivity index (χ4v) is 3.18. The lowest BCUT2D eigenvalue weighted by Gasteiger charge is -2.14. The van der Waals surface area contributed by atoms with Crippen LogP contribution in [-0.4, -0.2) is 33.7 Å². The van der Waals surface area contributed by atoms with Gasteiger partial charge in [0.05, 0.1) is 25.5 Å². The Balaban J connectivity index is 2.53. The van der Waals surface area contributed by atoms with Gasteiger partial charge in [-0.1, -0.05) is 0 Å². The van der Waals surface area contributed by atoms with Gasteiger partial charge in [-0.2, -0.15) is 0 Å². The predicted octanol–water partition coefficient (Wildman–Crippen LogP) is 2.48. The van der Waals surface area contributed by atoms with Crippen molar-refractivity contribution in [2.45, 2.75) is 4.90 Å². The summed E-state index contributed by atoms with van der Waals surface area (Å²) in [7, 11) is -2.03. The van der Waals surface area contributed by atoms with Crippen molar-refractivity contribution < 1.29 is 36.6 Å². The van der Waals surface area contributed by atoms with E-state index in [0.29, 0.717) is 6.07 Å². The minimum Gasteiger partial charge on any atom is -0.493 e. The van der Waals surface area contributed by atoms with Gasteiger partial charge in [0.2, 0.25) is 0 Å². The molecule has 0 aromatic heterocycles. The first-order chi connectivity index (χ1) is 11.7. The molecule has 0 radical (unpaired) electrons. The molecule has 0 amide bonds. The second kappa shape index (κ2) is 6.93. The van der Waals surface area contributed by atoms with Crippen molar-refractivity contribution in [1.82, 2.24) is 0 Å². The first-order valence-electron chi connectivity index (χ1n) is 6.66. The number of halogens is 2. The molecule has 0 aliphatic rings. The fourth-order valence-electron chi connectivity index (χ4n) is 2.02. The molecule has 0 bridgehead atoms. The second-order valence-electron chi connectivity index (χ2n) is 4.74. The van der Waals surface area contributed by atoms with Gasteiger partial charge >= 0.3 is 5.97 Å². The Hall–Kier alpha value is -2.88. The lowest BCUT2D eigenvalue weighted by Crippen LogP contribution is -2.17. The zero-order chi connectivity index (χ0) is 18.8. The Morgan fingerprint density at radius 3 is 2.24 bits per heavy atom. The van der Waals surface area contributed by atoms with E-state index in [2.05, 4.69) is 0 Å². The molecular formula is C15H13F2NO6S. The molecule has 0 fully saturated rings. The molecule has 0 saturated carbocycles. The van der Waals surface area contributed by atoms with E-state index in [1.807, 2.05) is 4.72 Å². The zero-order valence-electron chi connectivity index (χ0n) is 13.0. The van der Waals surface area contributed by atoms with E-state index in [4.69, 9.17) is 14.6 Å². The van der Waals surface area contributed by atoms with Gasteiger partial charge in [-0.15, -0.1) is 0 Å².